The van der Waals surface area contributed by atoms with E-state index in [2.05, 4.69) is 0 Å². The van der Waals surface area contributed by atoms with Gasteiger partial charge in [0.2, 0.25) is 5.91 Å². The number of likely N-dealkylation sites (N-methyl/N-ethyl adjacent to an activating group) is 1. The Balaban J connectivity index is 1.61. The highest BCUT2D eigenvalue weighted by Crippen LogP contribution is 2.30. The summed E-state index contributed by atoms with van der Waals surface area (Å²) in [6.07, 6.45) is 0.370. The van der Waals surface area contributed by atoms with E-state index in [0.717, 1.165) is 10.3 Å². The van der Waals surface area contributed by atoms with Gasteiger partial charge in [0.15, 0.2) is 9.84 Å². The first-order valence-electron chi connectivity index (χ1n) is 8.62. The molecule has 4 rings (SSSR count). The molecular formula is C19H18N2O5S. The molecule has 1 saturated heterocycles. The molecule has 2 aliphatic rings. The lowest BCUT2D eigenvalue weighted by molar-refractivity contribution is -0.131. The number of hydrogen-bond donors (Lipinski definition) is 0. The van der Waals surface area contributed by atoms with E-state index < -0.39 is 40.1 Å². The molecule has 1 fully saturated rings. The number of nitrogens with zero attached hydrogens (tertiary/aromatic N) is 2. The second-order valence-corrected chi connectivity index (χ2v) is 9.20. The first kappa shape index (κ1) is 17.7. The van der Waals surface area contributed by atoms with Crippen LogP contribution in [0.25, 0.3) is 10.8 Å². The van der Waals surface area contributed by atoms with Gasteiger partial charge in [0.25, 0.3) is 11.8 Å². The third-order valence-electron chi connectivity index (χ3n) is 5.30. The summed E-state index contributed by atoms with van der Waals surface area (Å²) in [5.74, 6) is -1.51. The van der Waals surface area contributed by atoms with Crippen molar-refractivity contribution in [3.05, 3.63) is 47.5 Å². The molecule has 3 amide bonds. The minimum absolute atomic E-state index is 0.0479. The standard InChI is InChI=1S/C19H18N2O5S/c1-20(13-8-9-27(25,26)11-13)16(22)10-21-18(23)14-6-2-4-12-5-3-7-15(17(12)14)19(21)24/h2-7,13H,8-11H2,1H3. The van der Waals surface area contributed by atoms with Crippen LogP contribution in [0.3, 0.4) is 0 Å². The summed E-state index contributed by atoms with van der Waals surface area (Å²) in [5, 5.41) is 1.40. The van der Waals surface area contributed by atoms with Crippen molar-refractivity contribution in [3.8, 4) is 0 Å². The van der Waals surface area contributed by atoms with Crippen LogP contribution in [0.15, 0.2) is 36.4 Å². The minimum atomic E-state index is -3.14. The highest BCUT2D eigenvalue weighted by atomic mass is 32.2. The second-order valence-electron chi connectivity index (χ2n) is 6.97. The first-order valence-corrected chi connectivity index (χ1v) is 10.4. The number of imide groups is 1. The van der Waals surface area contributed by atoms with Crippen LogP contribution in [0.4, 0.5) is 0 Å². The van der Waals surface area contributed by atoms with Crippen molar-refractivity contribution in [1.29, 1.82) is 0 Å². The zero-order chi connectivity index (χ0) is 19.3. The SMILES string of the molecule is CN(C(=O)CN1C(=O)c2cccc3cccc(c23)C1=O)C1CCS(=O)(=O)C1. The van der Waals surface area contributed by atoms with Gasteiger partial charge in [0.05, 0.1) is 11.5 Å². The molecule has 2 aromatic rings. The van der Waals surface area contributed by atoms with Crippen LogP contribution in [0, 0.1) is 0 Å². The first-order chi connectivity index (χ1) is 12.8. The molecule has 0 N–H and O–H groups in total. The predicted octanol–water partition coefficient (Wildman–Crippen LogP) is 1.08. The Labute approximate surface area is 156 Å². The van der Waals surface area contributed by atoms with Crippen LogP contribution in [0.5, 0.6) is 0 Å². The van der Waals surface area contributed by atoms with Gasteiger partial charge in [0, 0.05) is 29.6 Å². The number of sulfone groups is 1. The smallest absolute Gasteiger partial charge is 0.261 e. The molecule has 1 unspecified atom stereocenters. The third-order valence-corrected chi connectivity index (χ3v) is 7.05. The fourth-order valence-electron chi connectivity index (χ4n) is 3.76. The molecule has 1 atom stereocenters. The van der Waals surface area contributed by atoms with Crippen molar-refractivity contribution in [1.82, 2.24) is 9.80 Å². The van der Waals surface area contributed by atoms with Gasteiger partial charge in [-0.3, -0.25) is 19.3 Å². The lowest BCUT2D eigenvalue weighted by Gasteiger charge is -2.30. The molecule has 140 valence electrons. The second kappa shape index (κ2) is 6.16. The Morgan fingerprint density at radius 2 is 1.70 bits per heavy atom. The van der Waals surface area contributed by atoms with E-state index in [-0.39, 0.29) is 11.5 Å². The van der Waals surface area contributed by atoms with Gasteiger partial charge in [-0.2, -0.15) is 0 Å². The van der Waals surface area contributed by atoms with Crippen LogP contribution in [-0.2, 0) is 14.6 Å². The summed E-state index contributed by atoms with van der Waals surface area (Å²) in [6.45, 7) is -0.407. The molecule has 2 aromatic carbocycles. The van der Waals surface area contributed by atoms with Gasteiger partial charge in [0.1, 0.15) is 6.54 Å². The number of hydrogen-bond acceptors (Lipinski definition) is 5. The van der Waals surface area contributed by atoms with E-state index in [9.17, 15) is 22.8 Å². The van der Waals surface area contributed by atoms with Gasteiger partial charge in [-0.1, -0.05) is 24.3 Å². The molecule has 0 radical (unpaired) electrons. The maximum atomic E-state index is 12.8. The summed E-state index contributed by atoms with van der Waals surface area (Å²) >= 11 is 0. The van der Waals surface area contributed by atoms with Crippen molar-refractivity contribution >= 4 is 38.3 Å². The largest absolute Gasteiger partial charge is 0.340 e. The molecule has 0 aliphatic carbocycles. The maximum absolute atomic E-state index is 12.8. The Hall–Kier alpha value is -2.74. The average molecular weight is 386 g/mol. The quantitative estimate of drug-likeness (QED) is 0.736. The van der Waals surface area contributed by atoms with Crippen LogP contribution in [-0.4, -0.2) is 67.1 Å². The Bertz CT molecular complexity index is 1040. The van der Waals surface area contributed by atoms with Crippen molar-refractivity contribution in [2.45, 2.75) is 12.5 Å². The van der Waals surface area contributed by atoms with E-state index in [1.807, 2.05) is 12.1 Å². The molecule has 8 heteroatoms. The van der Waals surface area contributed by atoms with Crippen LogP contribution < -0.4 is 0 Å². The average Bonchev–Trinajstić information content (AvgIpc) is 3.02. The zero-order valence-electron chi connectivity index (χ0n) is 14.7. The maximum Gasteiger partial charge on any atom is 0.261 e. The van der Waals surface area contributed by atoms with E-state index in [4.69, 9.17) is 0 Å². The number of benzene rings is 2. The zero-order valence-corrected chi connectivity index (χ0v) is 15.5. The molecule has 2 heterocycles. The topological polar surface area (TPSA) is 91.8 Å². The van der Waals surface area contributed by atoms with E-state index >= 15 is 0 Å². The number of amides is 3. The van der Waals surface area contributed by atoms with E-state index in [1.54, 1.807) is 24.3 Å². The van der Waals surface area contributed by atoms with Gasteiger partial charge in [-0.05, 0) is 23.9 Å². The number of rotatable bonds is 3. The third kappa shape index (κ3) is 2.90. The Morgan fingerprint density at radius 1 is 1.11 bits per heavy atom. The lowest BCUT2D eigenvalue weighted by atomic mass is 9.94. The molecular weight excluding hydrogens is 368 g/mol. The van der Waals surface area contributed by atoms with Crippen molar-refractivity contribution in [2.75, 3.05) is 25.1 Å². The molecule has 0 bridgehead atoms. The summed E-state index contributed by atoms with van der Waals surface area (Å²) in [6, 6.07) is 10.0. The fourth-order valence-corrected chi connectivity index (χ4v) is 5.53. The highest BCUT2D eigenvalue weighted by molar-refractivity contribution is 7.91. The van der Waals surface area contributed by atoms with Gasteiger partial charge in [-0.25, -0.2) is 8.42 Å². The van der Waals surface area contributed by atoms with E-state index in [0.29, 0.717) is 22.9 Å². The van der Waals surface area contributed by atoms with Gasteiger partial charge < -0.3 is 4.90 Å². The molecule has 0 spiro atoms. The minimum Gasteiger partial charge on any atom is -0.340 e. The van der Waals surface area contributed by atoms with E-state index in [1.165, 1.54) is 11.9 Å². The molecule has 0 aromatic heterocycles. The number of carbonyl (C=O) groups is 3. The van der Waals surface area contributed by atoms with Gasteiger partial charge in [-0.15, -0.1) is 0 Å². The highest BCUT2D eigenvalue weighted by Gasteiger charge is 2.37. The Kier molecular flexibility index (Phi) is 4.03. The van der Waals surface area contributed by atoms with Gasteiger partial charge >= 0.3 is 0 Å². The monoisotopic (exact) mass is 386 g/mol. The van der Waals surface area contributed by atoms with Crippen LogP contribution >= 0.6 is 0 Å². The molecule has 27 heavy (non-hydrogen) atoms. The van der Waals surface area contributed by atoms with Crippen LogP contribution in [0.2, 0.25) is 0 Å². The van der Waals surface area contributed by atoms with Crippen LogP contribution in [0.1, 0.15) is 27.1 Å². The predicted molar refractivity (Wildman–Crippen MR) is 99.1 cm³/mol. The molecule has 2 aliphatic heterocycles. The summed E-state index contributed by atoms with van der Waals surface area (Å²) < 4.78 is 23.3. The summed E-state index contributed by atoms with van der Waals surface area (Å²) in [7, 11) is -1.62. The molecule has 7 nitrogen and oxygen atoms in total. The lowest BCUT2D eigenvalue weighted by Crippen LogP contribution is -2.49. The summed E-state index contributed by atoms with van der Waals surface area (Å²) in [4.78, 5) is 40.6. The fraction of sp³-hybridized carbons (Fsp3) is 0.316. The normalized spacial score (nSPS) is 20.9. The molecule has 0 saturated carbocycles. The van der Waals surface area contributed by atoms with Crippen molar-refractivity contribution in [3.63, 3.8) is 0 Å². The Morgan fingerprint density at radius 3 is 2.22 bits per heavy atom. The summed E-state index contributed by atoms with van der Waals surface area (Å²) in [5.41, 5.74) is 0.781. The van der Waals surface area contributed by atoms with Crippen molar-refractivity contribution < 1.29 is 22.8 Å². The number of carbonyl (C=O) groups excluding carboxylic acids is 3. The van der Waals surface area contributed by atoms with Crippen molar-refractivity contribution in [2.24, 2.45) is 0 Å².